The number of benzene rings is 4. The molecule has 10 nitrogen and oxygen atoms in total. The normalized spacial score (nSPS) is 11.2. The fourth-order valence-electron chi connectivity index (χ4n) is 4.26. The van der Waals surface area contributed by atoms with Crippen molar-refractivity contribution in [3.8, 4) is 11.4 Å². The molecule has 210 valence electrons. The number of carbonyl (C=O) groups is 2. The highest BCUT2D eigenvalue weighted by atomic mass is 35.5. The Bertz CT molecular complexity index is 1830. The lowest BCUT2D eigenvalue weighted by atomic mass is 10.2. The first kappa shape index (κ1) is 27.9. The van der Waals surface area contributed by atoms with Gasteiger partial charge in [0, 0.05) is 24.2 Å². The van der Waals surface area contributed by atoms with E-state index in [1.54, 1.807) is 82.2 Å². The van der Waals surface area contributed by atoms with E-state index in [1.165, 1.54) is 0 Å². The number of fused-ring (bicyclic) bond motifs is 2. The topological polar surface area (TPSA) is 120 Å². The molecule has 0 radical (unpaired) electrons. The SMILES string of the molecule is O=C(CCC(=O)Nc1ccc(-n2nnc3cc(Cl)c(Cl)cc32)cc1)Nc1ccc(-n2nnc3cc(Cl)c(Cl)cc32)cc1. The van der Waals surface area contributed by atoms with E-state index >= 15 is 0 Å². The molecule has 6 rings (SSSR count). The van der Waals surface area contributed by atoms with Crippen LogP contribution in [0.4, 0.5) is 11.4 Å². The quantitative estimate of drug-likeness (QED) is 0.192. The lowest BCUT2D eigenvalue weighted by Gasteiger charge is -2.09. The highest BCUT2D eigenvalue weighted by Gasteiger charge is 2.13. The van der Waals surface area contributed by atoms with Crippen molar-refractivity contribution in [1.82, 2.24) is 30.0 Å². The molecule has 2 aromatic heterocycles. The molecule has 0 unspecified atom stereocenters. The number of hydrogen-bond acceptors (Lipinski definition) is 6. The number of nitrogens with one attached hydrogen (secondary N) is 2. The number of carbonyl (C=O) groups excluding carboxylic acids is 2. The predicted octanol–water partition coefficient (Wildman–Crippen LogP) is 7.13. The summed E-state index contributed by atoms with van der Waals surface area (Å²) in [4.78, 5) is 25.0. The molecule has 2 heterocycles. The molecule has 4 aromatic carbocycles. The van der Waals surface area contributed by atoms with E-state index in [1.807, 2.05) is 0 Å². The average Bonchev–Trinajstić information content (AvgIpc) is 3.57. The third-order valence-electron chi connectivity index (χ3n) is 6.35. The maximum absolute atomic E-state index is 12.5. The molecular weight excluding hydrogens is 622 g/mol. The van der Waals surface area contributed by atoms with Gasteiger partial charge in [-0.3, -0.25) is 9.59 Å². The highest BCUT2D eigenvalue weighted by Crippen LogP contribution is 2.29. The second-order valence-corrected chi connectivity index (χ2v) is 10.8. The third kappa shape index (κ3) is 5.75. The molecule has 0 bridgehead atoms. The Morgan fingerprint density at radius 2 is 0.929 bits per heavy atom. The second kappa shape index (κ2) is 11.6. The van der Waals surface area contributed by atoms with Crippen LogP contribution in [0.2, 0.25) is 20.1 Å². The van der Waals surface area contributed by atoms with Crippen LogP contribution >= 0.6 is 46.4 Å². The minimum Gasteiger partial charge on any atom is -0.326 e. The van der Waals surface area contributed by atoms with Gasteiger partial charge in [0.2, 0.25) is 11.8 Å². The minimum absolute atomic E-state index is 0.00685. The van der Waals surface area contributed by atoms with E-state index in [-0.39, 0.29) is 24.7 Å². The van der Waals surface area contributed by atoms with Crippen LogP contribution in [0.3, 0.4) is 0 Å². The zero-order chi connectivity index (χ0) is 29.4. The molecule has 0 fully saturated rings. The Kier molecular flexibility index (Phi) is 7.70. The molecule has 0 aliphatic rings. The van der Waals surface area contributed by atoms with E-state index in [2.05, 4.69) is 31.3 Å². The summed E-state index contributed by atoms with van der Waals surface area (Å²) in [6.07, 6.45) is 0.0137. The third-order valence-corrected chi connectivity index (χ3v) is 7.79. The van der Waals surface area contributed by atoms with Crippen molar-refractivity contribution in [1.29, 1.82) is 0 Å². The zero-order valence-electron chi connectivity index (χ0n) is 21.4. The second-order valence-electron chi connectivity index (χ2n) is 9.20. The average molecular weight is 640 g/mol. The minimum atomic E-state index is -0.294. The summed E-state index contributed by atoms with van der Waals surface area (Å²) < 4.78 is 3.25. The van der Waals surface area contributed by atoms with Crippen molar-refractivity contribution in [3.05, 3.63) is 92.9 Å². The van der Waals surface area contributed by atoms with Gasteiger partial charge in [0.25, 0.3) is 0 Å². The molecule has 0 aliphatic heterocycles. The van der Waals surface area contributed by atoms with Crippen molar-refractivity contribution in [2.45, 2.75) is 12.8 Å². The Labute approximate surface area is 258 Å². The Morgan fingerprint density at radius 3 is 1.31 bits per heavy atom. The van der Waals surface area contributed by atoms with Gasteiger partial charge in [-0.05, 0) is 72.8 Å². The standard InChI is InChI=1S/C28H18Cl4N8O2/c29-19-11-23-25(13-21(19)31)39(37-35-23)17-5-1-15(2-6-17)33-27(41)9-10-28(42)34-16-3-7-18(8-4-16)40-26-14-22(32)20(30)12-24(26)36-38-40/h1-8,11-14H,9-10H2,(H,33,41)(H,34,42). The Morgan fingerprint density at radius 1 is 0.571 bits per heavy atom. The molecule has 2 amide bonds. The number of hydrogen-bond donors (Lipinski definition) is 2. The molecule has 0 spiro atoms. The van der Waals surface area contributed by atoms with Gasteiger partial charge in [-0.2, -0.15) is 0 Å². The lowest BCUT2D eigenvalue weighted by Crippen LogP contribution is -2.17. The van der Waals surface area contributed by atoms with Gasteiger partial charge >= 0.3 is 0 Å². The summed E-state index contributed by atoms with van der Waals surface area (Å²) in [5, 5.41) is 23.7. The fourth-order valence-corrected chi connectivity index (χ4v) is 4.89. The maximum Gasteiger partial charge on any atom is 0.224 e. The molecule has 0 saturated heterocycles. The number of amides is 2. The Hall–Kier alpha value is -4.22. The number of rotatable bonds is 7. The fraction of sp³-hybridized carbons (Fsp3) is 0.0714. The Balaban J connectivity index is 1.03. The van der Waals surface area contributed by atoms with E-state index in [9.17, 15) is 9.59 Å². The smallest absolute Gasteiger partial charge is 0.224 e. The van der Waals surface area contributed by atoms with Crippen molar-refractivity contribution in [3.63, 3.8) is 0 Å². The van der Waals surface area contributed by atoms with E-state index in [0.29, 0.717) is 53.5 Å². The van der Waals surface area contributed by atoms with Crippen LogP contribution in [0.25, 0.3) is 33.4 Å². The van der Waals surface area contributed by atoms with Gasteiger partial charge in [-0.15, -0.1) is 10.2 Å². The summed E-state index contributed by atoms with van der Waals surface area (Å²) in [5.41, 5.74) is 5.22. The molecule has 42 heavy (non-hydrogen) atoms. The maximum atomic E-state index is 12.5. The summed E-state index contributed by atoms with van der Waals surface area (Å²) in [5.74, 6) is -0.588. The van der Waals surface area contributed by atoms with Crippen LogP contribution in [0, 0.1) is 0 Å². The van der Waals surface area contributed by atoms with Crippen LogP contribution in [0.15, 0.2) is 72.8 Å². The van der Waals surface area contributed by atoms with Crippen LogP contribution < -0.4 is 10.6 Å². The van der Waals surface area contributed by atoms with E-state index < -0.39 is 0 Å². The van der Waals surface area contributed by atoms with Gasteiger partial charge in [0.05, 0.1) is 42.5 Å². The van der Waals surface area contributed by atoms with Crippen molar-refractivity contribution in [2.75, 3.05) is 10.6 Å². The van der Waals surface area contributed by atoms with E-state index in [0.717, 1.165) is 11.4 Å². The number of halogens is 4. The van der Waals surface area contributed by atoms with E-state index in [4.69, 9.17) is 46.4 Å². The monoisotopic (exact) mass is 638 g/mol. The summed E-state index contributed by atoms with van der Waals surface area (Å²) in [6.45, 7) is 0. The van der Waals surface area contributed by atoms with Crippen LogP contribution in [-0.4, -0.2) is 41.8 Å². The summed E-state index contributed by atoms with van der Waals surface area (Å²) >= 11 is 24.4. The molecule has 0 aliphatic carbocycles. The molecule has 0 atom stereocenters. The highest BCUT2D eigenvalue weighted by molar-refractivity contribution is 6.43. The van der Waals surface area contributed by atoms with Crippen LogP contribution in [0.5, 0.6) is 0 Å². The molecule has 2 N–H and O–H groups in total. The van der Waals surface area contributed by atoms with Gasteiger partial charge in [0.1, 0.15) is 11.0 Å². The van der Waals surface area contributed by atoms with Gasteiger partial charge in [-0.1, -0.05) is 56.8 Å². The first-order valence-corrected chi connectivity index (χ1v) is 14.0. The molecular formula is C28H18Cl4N8O2. The van der Waals surface area contributed by atoms with Crippen LogP contribution in [0.1, 0.15) is 12.8 Å². The van der Waals surface area contributed by atoms with Gasteiger partial charge in [-0.25, -0.2) is 9.36 Å². The first-order chi connectivity index (χ1) is 20.2. The van der Waals surface area contributed by atoms with Crippen molar-refractivity contribution in [2.24, 2.45) is 0 Å². The number of aromatic nitrogens is 6. The summed E-state index contributed by atoms with van der Waals surface area (Å²) in [6, 6.07) is 20.8. The summed E-state index contributed by atoms with van der Waals surface area (Å²) in [7, 11) is 0. The molecule has 14 heteroatoms. The van der Waals surface area contributed by atoms with Crippen LogP contribution in [-0.2, 0) is 9.59 Å². The van der Waals surface area contributed by atoms with Gasteiger partial charge in [0.15, 0.2) is 0 Å². The molecule has 6 aromatic rings. The first-order valence-electron chi connectivity index (χ1n) is 12.5. The van der Waals surface area contributed by atoms with Crippen molar-refractivity contribution < 1.29 is 9.59 Å². The zero-order valence-corrected chi connectivity index (χ0v) is 24.4. The lowest BCUT2D eigenvalue weighted by molar-refractivity contribution is -0.121. The predicted molar refractivity (Wildman–Crippen MR) is 164 cm³/mol. The number of anilines is 2. The number of nitrogens with zero attached hydrogens (tertiary/aromatic N) is 6. The van der Waals surface area contributed by atoms with Gasteiger partial charge < -0.3 is 10.6 Å². The largest absolute Gasteiger partial charge is 0.326 e. The van der Waals surface area contributed by atoms with Crippen molar-refractivity contribution >= 4 is 91.7 Å². The molecule has 0 saturated carbocycles.